The van der Waals surface area contributed by atoms with Gasteiger partial charge in [-0.1, -0.05) is 48.6 Å². The van der Waals surface area contributed by atoms with Crippen LogP contribution < -0.4 is 14.8 Å². The molecule has 1 fully saturated rings. The minimum absolute atomic E-state index is 0.0694. The number of aromatic nitrogens is 1. The van der Waals surface area contributed by atoms with Crippen LogP contribution in [0.2, 0.25) is 0 Å². The molecule has 1 amide bonds. The first-order valence-electron chi connectivity index (χ1n) is 11.5. The highest BCUT2D eigenvalue weighted by Gasteiger charge is 2.55. The molecule has 0 spiro atoms. The molecule has 1 saturated carbocycles. The number of benzene rings is 2. The number of methoxy groups -OCH3 is 2. The lowest BCUT2D eigenvalue weighted by Crippen LogP contribution is -2.21. The van der Waals surface area contributed by atoms with Crippen LogP contribution in [0, 0.1) is 5.92 Å². The molecule has 0 radical (unpaired) electrons. The smallest absolute Gasteiger partial charge is 0.243 e. The predicted molar refractivity (Wildman–Crippen MR) is 135 cm³/mol. The van der Waals surface area contributed by atoms with Crippen LogP contribution in [0.4, 0.5) is 0 Å². The van der Waals surface area contributed by atoms with Gasteiger partial charge in [-0.3, -0.25) is 9.78 Å². The van der Waals surface area contributed by atoms with Gasteiger partial charge in [-0.05, 0) is 71.9 Å². The maximum atomic E-state index is 12.4. The number of hydrogen-bond acceptors (Lipinski definition) is 4. The van der Waals surface area contributed by atoms with Crippen molar-refractivity contribution in [3.63, 3.8) is 0 Å². The Morgan fingerprint density at radius 3 is 2.24 bits per heavy atom. The highest BCUT2D eigenvalue weighted by Crippen LogP contribution is 2.59. The Kier molecular flexibility index (Phi) is 7.43. The molecular weight excluding hydrogens is 424 g/mol. The SMILES string of the molecule is COc1ccc(C2(c3ccc(OC)cc3)C[C@H]2/C=C/C(=O)NCC/C=C/c2cccnc2)cc1. The second kappa shape index (κ2) is 10.8. The van der Waals surface area contributed by atoms with Crippen LogP contribution in [-0.4, -0.2) is 31.7 Å². The molecule has 0 unspecified atom stereocenters. The number of hydrogen-bond donors (Lipinski definition) is 1. The Labute approximate surface area is 201 Å². The van der Waals surface area contributed by atoms with Gasteiger partial charge in [0.25, 0.3) is 0 Å². The molecule has 1 aromatic heterocycles. The van der Waals surface area contributed by atoms with E-state index < -0.39 is 0 Å². The number of rotatable bonds is 10. The maximum absolute atomic E-state index is 12.4. The molecule has 1 aliphatic carbocycles. The van der Waals surface area contributed by atoms with E-state index in [0.29, 0.717) is 6.54 Å². The zero-order valence-corrected chi connectivity index (χ0v) is 19.6. The minimum Gasteiger partial charge on any atom is -0.497 e. The first-order valence-corrected chi connectivity index (χ1v) is 11.5. The zero-order valence-electron chi connectivity index (χ0n) is 19.6. The van der Waals surface area contributed by atoms with Crippen LogP contribution in [0.15, 0.2) is 91.3 Å². The summed E-state index contributed by atoms with van der Waals surface area (Å²) in [5, 5.41) is 2.96. The van der Waals surface area contributed by atoms with Gasteiger partial charge in [0.15, 0.2) is 0 Å². The van der Waals surface area contributed by atoms with Crippen molar-refractivity contribution >= 4 is 12.0 Å². The molecule has 0 bridgehead atoms. The van der Waals surface area contributed by atoms with Crippen molar-refractivity contribution in [2.45, 2.75) is 18.3 Å². The molecule has 0 aliphatic heterocycles. The average Bonchev–Trinajstić information content (AvgIpc) is 3.63. The van der Waals surface area contributed by atoms with Crippen LogP contribution in [0.3, 0.4) is 0 Å². The number of pyridine rings is 1. The van der Waals surface area contributed by atoms with Gasteiger partial charge < -0.3 is 14.8 Å². The van der Waals surface area contributed by atoms with Crippen LogP contribution in [-0.2, 0) is 10.2 Å². The van der Waals surface area contributed by atoms with Gasteiger partial charge in [-0.2, -0.15) is 0 Å². The van der Waals surface area contributed by atoms with Gasteiger partial charge >= 0.3 is 0 Å². The van der Waals surface area contributed by atoms with Gasteiger partial charge in [0.2, 0.25) is 5.91 Å². The second-order valence-corrected chi connectivity index (χ2v) is 8.37. The molecule has 1 N–H and O–H groups in total. The molecule has 34 heavy (non-hydrogen) atoms. The lowest BCUT2D eigenvalue weighted by atomic mass is 9.85. The summed E-state index contributed by atoms with van der Waals surface area (Å²) in [5.41, 5.74) is 3.33. The topological polar surface area (TPSA) is 60.5 Å². The summed E-state index contributed by atoms with van der Waals surface area (Å²) < 4.78 is 10.7. The molecule has 1 aliphatic rings. The maximum Gasteiger partial charge on any atom is 0.243 e. The predicted octanol–water partition coefficient (Wildman–Crippen LogP) is 5.18. The Bertz CT molecular complexity index is 1090. The molecule has 174 valence electrons. The van der Waals surface area contributed by atoms with Crippen molar-refractivity contribution in [1.29, 1.82) is 0 Å². The number of carbonyl (C=O) groups is 1. The van der Waals surface area contributed by atoms with Crippen LogP contribution in [0.1, 0.15) is 29.5 Å². The third-order valence-corrected chi connectivity index (χ3v) is 6.31. The van der Waals surface area contributed by atoms with Crippen LogP contribution in [0.25, 0.3) is 6.08 Å². The molecular formula is C29H30N2O3. The summed E-state index contributed by atoms with van der Waals surface area (Å²) in [7, 11) is 3.34. The fourth-order valence-corrected chi connectivity index (χ4v) is 4.36. The number of ether oxygens (including phenoxy) is 2. The Balaban J connectivity index is 1.39. The van der Waals surface area contributed by atoms with E-state index >= 15 is 0 Å². The summed E-state index contributed by atoms with van der Waals surface area (Å²) in [5.74, 6) is 1.84. The van der Waals surface area contributed by atoms with Crippen molar-refractivity contribution < 1.29 is 14.3 Å². The van der Waals surface area contributed by atoms with E-state index in [1.165, 1.54) is 11.1 Å². The normalized spacial score (nSPS) is 16.5. The molecule has 3 aromatic rings. The largest absolute Gasteiger partial charge is 0.497 e. The summed E-state index contributed by atoms with van der Waals surface area (Å²) in [6, 6.07) is 20.3. The Morgan fingerprint density at radius 1 is 1.03 bits per heavy atom. The molecule has 4 rings (SSSR count). The van der Waals surface area contributed by atoms with Crippen molar-refractivity contribution in [2.75, 3.05) is 20.8 Å². The minimum atomic E-state index is -0.151. The van der Waals surface area contributed by atoms with E-state index in [4.69, 9.17) is 9.47 Å². The Morgan fingerprint density at radius 2 is 1.68 bits per heavy atom. The second-order valence-electron chi connectivity index (χ2n) is 8.37. The summed E-state index contributed by atoms with van der Waals surface area (Å²) >= 11 is 0. The average molecular weight is 455 g/mol. The molecule has 5 nitrogen and oxygen atoms in total. The van der Waals surface area contributed by atoms with E-state index in [9.17, 15) is 4.79 Å². The van der Waals surface area contributed by atoms with Gasteiger partial charge in [0, 0.05) is 24.4 Å². The van der Waals surface area contributed by atoms with E-state index in [1.807, 2.05) is 60.8 Å². The quantitative estimate of drug-likeness (QED) is 0.339. The number of nitrogens with one attached hydrogen (secondary N) is 1. The highest BCUT2D eigenvalue weighted by molar-refractivity contribution is 5.87. The van der Waals surface area contributed by atoms with Crippen LogP contribution in [0.5, 0.6) is 11.5 Å². The number of nitrogens with zero attached hydrogens (tertiary/aromatic N) is 1. The standard InChI is InChI=1S/C29H30N2O3/c1-33-26-13-8-23(9-14-26)29(24-10-15-27(34-2)16-11-24)20-25(29)12-17-28(32)31-19-4-3-6-22-7-5-18-30-21-22/h3,5-18,21,25H,4,19-20H2,1-2H3,(H,31,32)/b6-3+,17-12+/t25-/m1/s1. The van der Waals surface area contributed by atoms with E-state index in [-0.39, 0.29) is 17.2 Å². The van der Waals surface area contributed by atoms with Crippen LogP contribution >= 0.6 is 0 Å². The first-order chi connectivity index (χ1) is 16.7. The number of allylic oxidation sites excluding steroid dienone is 1. The number of carbonyl (C=O) groups excluding carboxylic acids is 1. The fourth-order valence-electron chi connectivity index (χ4n) is 4.36. The monoisotopic (exact) mass is 454 g/mol. The zero-order chi connectivity index (χ0) is 23.8. The third-order valence-electron chi connectivity index (χ3n) is 6.31. The molecule has 1 heterocycles. The highest BCUT2D eigenvalue weighted by atomic mass is 16.5. The van der Waals surface area contributed by atoms with Crippen molar-refractivity contribution in [2.24, 2.45) is 5.92 Å². The molecule has 5 heteroatoms. The molecule has 1 atom stereocenters. The summed E-state index contributed by atoms with van der Waals surface area (Å²) in [4.78, 5) is 16.5. The van der Waals surface area contributed by atoms with E-state index in [0.717, 1.165) is 29.9 Å². The fraction of sp³-hybridized carbons (Fsp3) is 0.241. The van der Waals surface area contributed by atoms with E-state index in [1.54, 1.807) is 26.5 Å². The van der Waals surface area contributed by atoms with E-state index in [2.05, 4.69) is 34.6 Å². The van der Waals surface area contributed by atoms with Gasteiger partial charge in [-0.25, -0.2) is 0 Å². The summed E-state index contributed by atoms with van der Waals surface area (Å²) in [6.45, 7) is 0.590. The lowest BCUT2D eigenvalue weighted by molar-refractivity contribution is -0.116. The number of amides is 1. The Hall–Kier alpha value is -3.86. The van der Waals surface area contributed by atoms with Gasteiger partial charge in [0.1, 0.15) is 11.5 Å². The van der Waals surface area contributed by atoms with Crippen molar-refractivity contribution in [1.82, 2.24) is 10.3 Å². The first kappa shape index (κ1) is 23.3. The molecule has 2 aromatic carbocycles. The van der Waals surface area contributed by atoms with Crippen molar-refractivity contribution in [3.8, 4) is 11.5 Å². The third kappa shape index (κ3) is 5.37. The van der Waals surface area contributed by atoms with Gasteiger partial charge in [-0.15, -0.1) is 0 Å². The lowest BCUT2D eigenvalue weighted by Gasteiger charge is -2.19. The van der Waals surface area contributed by atoms with Gasteiger partial charge in [0.05, 0.1) is 14.2 Å². The van der Waals surface area contributed by atoms with Crippen molar-refractivity contribution in [3.05, 3.63) is 108 Å². The summed E-state index contributed by atoms with van der Waals surface area (Å²) in [6.07, 6.45) is 13.0. The molecule has 0 saturated heterocycles.